The summed E-state index contributed by atoms with van der Waals surface area (Å²) in [5, 5.41) is 2.63. The Morgan fingerprint density at radius 1 is 1.47 bits per heavy atom. The summed E-state index contributed by atoms with van der Waals surface area (Å²) in [4.78, 5) is 15.3. The fourth-order valence-corrected chi connectivity index (χ4v) is 3.09. The lowest BCUT2D eigenvalue weighted by Gasteiger charge is -2.20. The minimum Gasteiger partial charge on any atom is -0.311 e. The molecule has 17 heavy (non-hydrogen) atoms. The van der Waals surface area contributed by atoms with Crippen molar-refractivity contribution in [2.24, 2.45) is 5.92 Å². The van der Waals surface area contributed by atoms with Gasteiger partial charge in [-0.05, 0) is 42.4 Å². The van der Waals surface area contributed by atoms with E-state index in [1.54, 1.807) is 6.07 Å². The van der Waals surface area contributed by atoms with E-state index < -0.39 is 5.95 Å². The minimum absolute atomic E-state index is 0.0694. The summed E-state index contributed by atoms with van der Waals surface area (Å²) in [5.41, 5.74) is 0. The summed E-state index contributed by atoms with van der Waals surface area (Å²) in [5.74, 6) is 2.38. The molecular weight excluding hydrogens is 239 g/mol. The highest BCUT2D eigenvalue weighted by Gasteiger charge is 2.17. The number of amides is 1. The van der Waals surface area contributed by atoms with Gasteiger partial charge in [0, 0.05) is 6.42 Å². The SMILES string of the molecule is O=C(CC1CCSCC1)Nc1cccc(F)n1. The number of carbonyl (C=O) groups is 1. The average molecular weight is 254 g/mol. The van der Waals surface area contributed by atoms with Crippen LogP contribution >= 0.6 is 11.8 Å². The van der Waals surface area contributed by atoms with Gasteiger partial charge in [-0.2, -0.15) is 16.2 Å². The van der Waals surface area contributed by atoms with Crippen LogP contribution in [-0.2, 0) is 4.79 Å². The molecule has 1 aliphatic heterocycles. The molecule has 1 aliphatic rings. The third-order valence-corrected chi connectivity index (χ3v) is 3.85. The second-order valence-corrected chi connectivity index (χ2v) is 5.38. The highest BCUT2D eigenvalue weighted by Crippen LogP contribution is 2.25. The second kappa shape index (κ2) is 6.00. The minimum atomic E-state index is -0.572. The number of thioether (sulfide) groups is 1. The van der Waals surface area contributed by atoms with Crippen LogP contribution in [0.5, 0.6) is 0 Å². The molecule has 1 aromatic rings. The van der Waals surface area contributed by atoms with Crippen molar-refractivity contribution in [3.8, 4) is 0 Å². The van der Waals surface area contributed by atoms with Gasteiger partial charge in [-0.1, -0.05) is 6.07 Å². The first-order valence-electron chi connectivity index (χ1n) is 5.74. The molecule has 0 saturated carbocycles. The zero-order valence-electron chi connectivity index (χ0n) is 9.49. The van der Waals surface area contributed by atoms with Gasteiger partial charge >= 0.3 is 0 Å². The van der Waals surface area contributed by atoms with Crippen molar-refractivity contribution in [3.63, 3.8) is 0 Å². The summed E-state index contributed by atoms with van der Waals surface area (Å²) < 4.78 is 12.8. The van der Waals surface area contributed by atoms with E-state index in [1.165, 1.54) is 12.1 Å². The van der Waals surface area contributed by atoms with E-state index in [-0.39, 0.29) is 5.91 Å². The lowest BCUT2D eigenvalue weighted by Crippen LogP contribution is -2.20. The Balaban J connectivity index is 1.84. The van der Waals surface area contributed by atoms with Crippen LogP contribution < -0.4 is 5.32 Å². The zero-order chi connectivity index (χ0) is 12.1. The lowest BCUT2D eigenvalue weighted by atomic mass is 9.98. The molecule has 0 aromatic carbocycles. The maximum absolute atomic E-state index is 12.8. The standard InChI is InChI=1S/C12H15FN2OS/c13-10-2-1-3-11(14-10)15-12(16)8-9-4-6-17-7-5-9/h1-3,9H,4-8H2,(H,14,15,16). The Morgan fingerprint density at radius 3 is 2.94 bits per heavy atom. The Hall–Kier alpha value is -1.10. The van der Waals surface area contributed by atoms with Crippen LogP contribution in [0.4, 0.5) is 10.2 Å². The van der Waals surface area contributed by atoms with Crippen LogP contribution in [0.3, 0.4) is 0 Å². The van der Waals surface area contributed by atoms with Crippen molar-refractivity contribution < 1.29 is 9.18 Å². The fraction of sp³-hybridized carbons (Fsp3) is 0.500. The van der Waals surface area contributed by atoms with Gasteiger partial charge in [0.25, 0.3) is 0 Å². The number of anilines is 1. The maximum atomic E-state index is 12.8. The van der Waals surface area contributed by atoms with Crippen LogP contribution in [-0.4, -0.2) is 22.4 Å². The third-order valence-electron chi connectivity index (χ3n) is 2.80. The molecule has 1 saturated heterocycles. The Kier molecular flexibility index (Phi) is 4.36. The first-order valence-corrected chi connectivity index (χ1v) is 6.89. The molecule has 5 heteroatoms. The van der Waals surface area contributed by atoms with Crippen LogP contribution in [0.25, 0.3) is 0 Å². The smallest absolute Gasteiger partial charge is 0.225 e. The molecular formula is C12H15FN2OS. The van der Waals surface area contributed by atoms with Crippen LogP contribution in [0.1, 0.15) is 19.3 Å². The van der Waals surface area contributed by atoms with E-state index in [1.807, 2.05) is 11.8 Å². The molecule has 3 nitrogen and oxygen atoms in total. The summed E-state index contributed by atoms with van der Waals surface area (Å²) in [7, 11) is 0. The first-order chi connectivity index (χ1) is 8.24. The normalized spacial score (nSPS) is 16.8. The molecule has 0 atom stereocenters. The van der Waals surface area contributed by atoms with Crippen LogP contribution in [0.15, 0.2) is 18.2 Å². The van der Waals surface area contributed by atoms with Gasteiger partial charge in [0.2, 0.25) is 11.9 Å². The Bertz CT molecular complexity index is 394. The predicted molar refractivity (Wildman–Crippen MR) is 67.5 cm³/mol. The largest absolute Gasteiger partial charge is 0.311 e. The molecule has 2 rings (SSSR count). The Morgan fingerprint density at radius 2 is 2.24 bits per heavy atom. The molecule has 0 unspecified atom stereocenters. The summed E-state index contributed by atoms with van der Waals surface area (Å²) in [6.45, 7) is 0. The van der Waals surface area contributed by atoms with Gasteiger partial charge < -0.3 is 5.32 Å². The van der Waals surface area contributed by atoms with Gasteiger partial charge in [-0.25, -0.2) is 4.98 Å². The van der Waals surface area contributed by atoms with Gasteiger partial charge in [-0.3, -0.25) is 4.79 Å². The molecule has 0 radical (unpaired) electrons. The van der Waals surface area contributed by atoms with Crippen molar-refractivity contribution in [2.45, 2.75) is 19.3 Å². The molecule has 1 amide bonds. The number of nitrogens with one attached hydrogen (secondary N) is 1. The van der Waals surface area contributed by atoms with Gasteiger partial charge in [0.1, 0.15) is 5.82 Å². The van der Waals surface area contributed by atoms with Crippen LogP contribution in [0.2, 0.25) is 0 Å². The van der Waals surface area contributed by atoms with Crippen molar-refractivity contribution in [1.82, 2.24) is 4.98 Å². The number of rotatable bonds is 3. The van der Waals surface area contributed by atoms with E-state index in [9.17, 15) is 9.18 Å². The van der Waals surface area contributed by atoms with Crippen molar-refractivity contribution >= 4 is 23.5 Å². The molecule has 1 fully saturated rings. The topological polar surface area (TPSA) is 42.0 Å². The van der Waals surface area contributed by atoms with E-state index in [4.69, 9.17) is 0 Å². The number of hydrogen-bond donors (Lipinski definition) is 1. The first kappa shape index (κ1) is 12.4. The third kappa shape index (κ3) is 4.00. The fourth-order valence-electron chi connectivity index (χ4n) is 1.88. The number of carbonyl (C=O) groups excluding carboxylic acids is 1. The molecule has 1 N–H and O–H groups in total. The molecule has 0 aliphatic carbocycles. The van der Waals surface area contributed by atoms with Crippen molar-refractivity contribution in [2.75, 3.05) is 16.8 Å². The van der Waals surface area contributed by atoms with Gasteiger partial charge in [0.05, 0.1) is 0 Å². The van der Waals surface area contributed by atoms with E-state index >= 15 is 0 Å². The van der Waals surface area contributed by atoms with Crippen LogP contribution in [0, 0.1) is 11.9 Å². The predicted octanol–water partition coefficient (Wildman–Crippen LogP) is 2.69. The van der Waals surface area contributed by atoms with E-state index in [2.05, 4.69) is 10.3 Å². The summed E-state index contributed by atoms with van der Waals surface area (Å²) in [6.07, 6.45) is 2.70. The average Bonchev–Trinajstić information content (AvgIpc) is 2.30. The van der Waals surface area contributed by atoms with Gasteiger partial charge in [-0.15, -0.1) is 0 Å². The quantitative estimate of drug-likeness (QED) is 0.843. The monoisotopic (exact) mass is 254 g/mol. The number of aromatic nitrogens is 1. The van der Waals surface area contributed by atoms with Crippen molar-refractivity contribution in [3.05, 3.63) is 24.1 Å². The number of nitrogens with zero attached hydrogens (tertiary/aromatic N) is 1. The number of hydrogen-bond acceptors (Lipinski definition) is 3. The highest BCUT2D eigenvalue weighted by atomic mass is 32.2. The number of pyridine rings is 1. The van der Waals surface area contributed by atoms with E-state index in [0.29, 0.717) is 18.2 Å². The lowest BCUT2D eigenvalue weighted by molar-refractivity contribution is -0.117. The summed E-state index contributed by atoms with van der Waals surface area (Å²) >= 11 is 1.94. The van der Waals surface area contributed by atoms with Crippen molar-refractivity contribution in [1.29, 1.82) is 0 Å². The summed E-state index contributed by atoms with van der Waals surface area (Å²) in [6, 6.07) is 4.39. The molecule has 1 aromatic heterocycles. The molecule has 0 bridgehead atoms. The second-order valence-electron chi connectivity index (χ2n) is 4.15. The highest BCUT2D eigenvalue weighted by molar-refractivity contribution is 7.99. The zero-order valence-corrected chi connectivity index (χ0v) is 10.3. The van der Waals surface area contributed by atoms with Gasteiger partial charge in [0.15, 0.2) is 0 Å². The maximum Gasteiger partial charge on any atom is 0.225 e. The number of halogens is 1. The molecule has 2 heterocycles. The molecule has 0 spiro atoms. The van der Waals surface area contributed by atoms with E-state index in [0.717, 1.165) is 24.3 Å². The Labute approximate surface area is 104 Å². The molecule has 92 valence electrons.